The summed E-state index contributed by atoms with van der Waals surface area (Å²) in [6, 6.07) is 0. The lowest BCUT2D eigenvalue weighted by atomic mass is 10.2. The third-order valence-corrected chi connectivity index (χ3v) is 1.99. The molecule has 96 valence electrons. The maximum absolute atomic E-state index is 11.6. The molecule has 6 nitrogen and oxygen atoms in total. The Hall–Kier alpha value is -1.40. The van der Waals surface area contributed by atoms with Crippen LogP contribution < -0.4 is 5.73 Å². The average Bonchev–Trinajstić information content (AvgIpc) is 2.63. The van der Waals surface area contributed by atoms with E-state index in [0.717, 1.165) is 0 Å². The third kappa shape index (κ3) is 4.16. The molecule has 1 atom stereocenters. The highest BCUT2D eigenvalue weighted by Crippen LogP contribution is 2.14. The highest BCUT2D eigenvalue weighted by atomic mass is 16.6. The number of aliphatic hydroxyl groups excluding tert-OH is 1. The Balaban J connectivity index is 2.71. The second-order valence-electron chi connectivity index (χ2n) is 4.78. The van der Waals surface area contributed by atoms with Crippen LogP contribution >= 0.6 is 0 Å². The van der Waals surface area contributed by atoms with Crippen LogP contribution in [0.5, 0.6) is 0 Å². The molecule has 0 spiro atoms. The quantitative estimate of drug-likeness (QED) is 0.825. The zero-order valence-electron chi connectivity index (χ0n) is 10.4. The predicted octanol–water partition coefficient (Wildman–Crippen LogP) is 1.05. The van der Waals surface area contributed by atoms with Gasteiger partial charge in [-0.1, -0.05) is 0 Å². The van der Waals surface area contributed by atoms with Crippen LogP contribution in [0, 0.1) is 0 Å². The normalized spacial score (nSPS) is 13.5. The molecule has 17 heavy (non-hydrogen) atoms. The molecule has 1 aromatic rings. The second kappa shape index (κ2) is 5.29. The van der Waals surface area contributed by atoms with Crippen LogP contribution in [0.1, 0.15) is 39.0 Å². The summed E-state index contributed by atoms with van der Waals surface area (Å²) < 4.78 is 6.36. The fourth-order valence-corrected chi connectivity index (χ4v) is 1.23. The predicted molar refractivity (Wildman–Crippen MR) is 62.5 cm³/mol. The van der Waals surface area contributed by atoms with Gasteiger partial charge in [0, 0.05) is 6.20 Å². The minimum Gasteiger partial charge on any atom is -0.443 e. The summed E-state index contributed by atoms with van der Waals surface area (Å²) in [5.74, 6) is 0. The number of nitrogens with two attached hydrogens (primary N) is 1. The molecule has 0 aliphatic heterocycles. The number of hydrogen-bond acceptors (Lipinski definition) is 5. The standard InChI is InChI=1S/C11H19N3O3/c1-11(2,3)17-10(16)14-6-8(13-7-14)9(15)4-5-12/h6-7,9,15H,4-5,12H2,1-3H3/t9-/m0/s1. The number of carbonyl (C=O) groups is 1. The topological polar surface area (TPSA) is 90.4 Å². The molecule has 0 fully saturated rings. The van der Waals surface area contributed by atoms with Crippen LogP contribution in [0.4, 0.5) is 4.79 Å². The largest absolute Gasteiger partial charge is 0.443 e. The molecule has 0 aromatic carbocycles. The van der Waals surface area contributed by atoms with Crippen molar-refractivity contribution < 1.29 is 14.6 Å². The molecule has 0 aliphatic rings. The van der Waals surface area contributed by atoms with Gasteiger partial charge in [-0.05, 0) is 33.7 Å². The molecular formula is C11H19N3O3. The van der Waals surface area contributed by atoms with E-state index in [-0.39, 0.29) is 0 Å². The SMILES string of the molecule is CC(C)(C)OC(=O)n1cnc([C@@H](O)CCN)c1. The smallest absolute Gasteiger partial charge is 0.419 e. The molecule has 0 saturated carbocycles. The summed E-state index contributed by atoms with van der Waals surface area (Å²) in [6.07, 6.45) is 1.92. The molecule has 0 saturated heterocycles. The van der Waals surface area contributed by atoms with Crippen LogP contribution in [0.2, 0.25) is 0 Å². The summed E-state index contributed by atoms with van der Waals surface area (Å²) in [5.41, 5.74) is 5.19. The fraction of sp³-hybridized carbons (Fsp3) is 0.636. The molecule has 0 amide bonds. The van der Waals surface area contributed by atoms with Crippen LogP contribution in [-0.2, 0) is 4.74 Å². The summed E-state index contributed by atoms with van der Waals surface area (Å²) >= 11 is 0. The summed E-state index contributed by atoms with van der Waals surface area (Å²) in [6.45, 7) is 5.71. The molecule has 1 heterocycles. The first kappa shape index (κ1) is 13.7. The van der Waals surface area contributed by atoms with Crippen molar-refractivity contribution in [3.8, 4) is 0 Å². The number of aromatic nitrogens is 2. The molecular weight excluding hydrogens is 222 g/mol. The molecule has 0 aliphatic carbocycles. The Bertz CT molecular complexity index is 382. The summed E-state index contributed by atoms with van der Waals surface area (Å²) in [7, 11) is 0. The van der Waals surface area contributed by atoms with Crippen LogP contribution in [0.3, 0.4) is 0 Å². The van der Waals surface area contributed by atoms with E-state index in [1.54, 1.807) is 20.8 Å². The van der Waals surface area contributed by atoms with Crippen molar-refractivity contribution >= 4 is 6.09 Å². The van der Waals surface area contributed by atoms with Gasteiger partial charge in [-0.25, -0.2) is 14.3 Å². The minimum atomic E-state index is -0.747. The van der Waals surface area contributed by atoms with Crippen molar-refractivity contribution in [1.29, 1.82) is 0 Å². The molecule has 1 aromatic heterocycles. The van der Waals surface area contributed by atoms with Crippen LogP contribution in [0.15, 0.2) is 12.5 Å². The lowest BCUT2D eigenvalue weighted by molar-refractivity contribution is 0.0536. The van der Waals surface area contributed by atoms with Gasteiger partial charge in [-0.15, -0.1) is 0 Å². The molecule has 0 radical (unpaired) electrons. The number of carbonyl (C=O) groups excluding carboxylic acids is 1. The maximum Gasteiger partial charge on any atom is 0.419 e. The fourth-order valence-electron chi connectivity index (χ4n) is 1.23. The highest BCUT2D eigenvalue weighted by molar-refractivity contribution is 5.70. The van der Waals surface area contributed by atoms with E-state index in [4.69, 9.17) is 10.5 Å². The lowest BCUT2D eigenvalue weighted by Gasteiger charge is -2.19. The van der Waals surface area contributed by atoms with E-state index < -0.39 is 17.8 Å². The number of imidazole rings is 1. The molecule has 0 unspecified atom stereocenters. The van der Waals surface area contributed by atoms with E-state index in [0.29, 0.717) is 18.7 Å². The first-order chi connectivity index (χ1) is 7.83. The second-order valence-corrected chi connectivity index (χ2v) is 4.78. The Morgan fingerprint density at radius 3 is 2.82 bits per heavy atom. The maximum atomic E-state index is 11.6. The average molecular weight is 241 g/mol. The zero-order chi connectivity index (χ0) is 13.1. The lowest BCUT2D eigenvalue weighted by Crippen LogP contribution is -2.26. The van der Waals surface area contributed by atoms with Gasteiger partial charge in [0.1, 0.15) is 11.9 Å². The first-order valence-electron chi connectivity index (χ1n) is 5.49. The number of rotatable bonds is 3. The van der Waals surface area contributed by atoms with Gasteiger partial charge < -0.3 is 15.6 Å². The van der Waals surface area contributed by atoms with Gasteiger partial charge >= 0.3 is 6.09 Å². The van der Waals surface area contributed by atoms with E-state index in [2.05, 4.69) is 4.98 Å². The summed E-state index contributed by atoms with van der Waals surface area (Å²) in [4.78, 5) is 15.6. The summed E-state index contributed by atoms with van der Waals surface area (Å²) in [5, 5.41) is 9.64. The van der Waals surface area contributed by atoms with E-state index in [1.165, 1.54) is 17.1 Å². The van der Waals surface area contributed by atoms with Crippen LogP contribution in [0.25, 0.3) is 0 Å². The highest BCUT2D eigenvalue weighted by Gasteiger charge is 2.19. The van der Waals surface area contributed by atoms with Gasteiger partial charge in [-0.2, -0.15) is 0 Å². The molecule has 3 N–H and O–H groups in total. The van der Waals surface area contributed by atoms with Gasteiger partial charge in [0.2, 0.25) is 0 Å². The van der Waals surface area contributed by atoms with Crippen molar-refractivity contribution in [2.75, 3.05) is 6.54 Å². The number of hydrogen-bond donors (Lipinski definition) is 2. The first-order valence-corrected chi connectivity index (χ1v) is 5.49. The van der Waals surface area contributed by atoms with E-state index >= 15 is 0 Å². The Morgan fingerprint density at radius 1 is 1.65 bits per heavy atom. The van der Waals surface area contributed by atoms with Crippen molar-refractivity contribution in [3.63, 3.8) is 0 Å². The van der Waals surface area contributed by atoms with Crippen molar-refractivity contribution in [3.05, 3.63) is 18.2 Å². The molecule has 0 bridgehead atoms. The number of ether oxygens (including phenoxy) is 1. The third-order valence-electron chi connectivity index (χ3n) is 1.99. The van der Waals surface area contributed by atoms with Crippen molar-refractivity contribution in [1.82, 2.24) is 9.55 Å². The van der Waals surface area contributed by atoms with Gasteiger partial charge in [0.25, 0.3) is 0 Å². The van der Waals surface area contributed by atoms with Gasteiger partial charge in [-0.3, -0.25) is 0 Å². The van der Waals surface area contributed by atoms with E-state index in [1.807, 2.05) is 0 Å². The van der Waals surface area contributed by atoms with Gasteiger partial charge in [0.15, 0.2) is 0 Å². The monoisotopic (exact) mass is 241 g/mol. The number of aliphatic hydroxyl groups is 1. The van der Waals surface area contributed by atoms with Crippen LogP contribution in [-0.4, -0.2) is 32.9 Å². The Kier molecular flexibility index (Phi) is 4.25. The van der Waals surface area contributed by atoms with Crippen molar-refractivity contribution in [2.45, 2.75) is 38.9 Å². The Morgan fingerprint density at radius 2 is 2.29 bits per heavy atom. The van der Waals surface area contributed by atoms with Gasteiger partial charge in [0.05, 0.1) is 11.8 Å². The minimum absolute atomic E-state index is 0.362. The molecule has 1 rings (SSSR count). The number of nitrogens with zero attached hydrogens (tertiary/aromatic N) is 2. The zero-order valence-corrected chi connectivity index (χ0v) is 10.4. The van der Waals surface area contributed by atoms with E-state index in [9.17, 15) is 9.90 Å². The Labute approximate surface area is 100 Å². The van der Waals surface area contributed by atoms with Crippen molar-refractivity contribution in [2.24, 2.45) is 5.73 Å². The molecule has 6 heteroatoms.